The lowest BCUT2D eigenvalue weighted by atomic mass is 9.90. The van der Waals surface area contributed by atoms with Gasteiger partial charge in [-0.1, -0.05) is 48.0 Å². The minimum absolute atomic E-state index is 0.0961. The minimum atomic E-state index is -0.437. The van der Waals surface area contributed by atoms with Crippen molar-refractivity contribution in [1.82, 2.24) is 4.90 Å². The van der Waals surface area contributed by atoms with E-state index in [2.05, 4.69) is 30.3 Å². The Hall–Kier alpha value is -2.29. The number of likely N-dealkylation sites (tertiary alicyclic amines) is 1. The van der Waals surface area contributed by atoms with Gasteiger partial charge in [0.15, 0.2) is 6.10 Å². The molecular formula is C22H27NO2. The van der Waals surface area contributed by atoms with E-state index in [9.17, 15) is 4.79 Å². The largest absolute Gasteiger partial charge is 0.481 e. The quantitative estimate of drug-likeness (QED) is 0.816. The van der Waals surface area contributed by atoms with E-state index in [1.54, 1.807) is 0 Å². The van der Waals surface area contributed by atoms with E-state index in [1.165, 1.54) is 11.1 Å². The normalized spacial score (nSPS) is 16.5. The predicted octanol–water partition coefficient (Wildman–Crippen LogP) is 4.24. The van der Waals surface area contributed by atoms with Crippen LogP contribution in [0.4, 0.5) is 0 Å². The molecule has 1 aliphatic rings. The lowest BCUT2D eigenvalue weighted by Gasteiger charge is -2.33. The summed E-state index contributed by atoms with van der Waals surface area (Å²) in [5.41, 5.74) is 2.58. The first-order valence-corrected chi connectivity index (χ1v) is 9.18. The lowest BCUT2D eigenvalue weighted by molar-refractivity contribution is -0.139. The molecule has 3 heteroatoms. The first-order chi connectivity index (χ1) is 12.1. The third-order valence-corrected chi connectivity index (χ3v) is 4.98. The Bertz CT molecular complexity index is 673. The van der Waals surface area contributed by atoms with Gasteiger partial charge in [-0.05, 0) is 56.7 Å². The second-order valence-electron chi connectivity index (χ2n) is 7.03. The van der Waals surface area contributed by atoms with Gasteiger partial charge in [0.1, 0.15) is 5.75 Å². The van der Waals surface area contributed by atoms with Gasteiger partial charge in [0.05, 0.1) is 0 Å². The highest BCUT2D eigenvalue weighted by Crippen LogP contribution is 2.23. The van der Waals surface area contributed by atoms with Crippen LogP contribution in [0.1, 0.15) is 30.9 Å². The standard InChI is InChI=1S/C22H27NO2/c1-17-8-10-21(11-9-17)25-18(2)22(24)23-14-12-20(13-15-23)16-19-6-4-3-5-7-19/h3-11,18,20H,12-16H2,1-2H3/t18-/m1/s1. The van der Waals surface area contributed by atoms with E-state index >= 15 is 0 Å². The van der Waals surface area contributed by atoms with E-state index < -0.39 is 6.10 Å². The van der Waals surface area contributed by atoms with Gasteiger partial charge in [-0.2, -0.15) is 0 Å². The lowest BCUT2D eigenvalue weighted by Crippen LogP contribution is -2.45. The molecule has 25 heavy (non-hydrogen) atoms. The van der Waals surface area contributed by atoms with Gasteiger partial charge in [-0.15, -0.1) is 0 Å². The summed E-state index contributed by atoms with van der Waals surface area (Å²) in [6, 6.07) is 18.5. The summed E-state index contributed by atoms with van der Waals surface area (Å²) in [5, 5.41) is 0. The van der Waals surface area contributed by atoms with Crippen molar-refractivity contribution < 1.29 is 9.53 Å². The van der Waals surface area contributed by atoms with E-state index in [0.29, 0.717) is 5.92 Å². The molecule has 1 amide bonds. The summed E-state index contributed by atoms with van der Waals surface area (Å²) >= 11 is 0. The van der Waals surface area contributed by atoms with Gasteiger partial charge in [0, 0.05) is 13.1 Å². The van der Waals surface area contributed by atoms with Crippen LogP contribution in [0.15, 0.2) is 54.6 Å². The van der Waals surface area contributed by atoms with Crippen molar-refractivity contribution in [3.63, 3.8) is 0 Å². The van der Waals surface area contributed by atoms with Crippen LogP contribution in [0.2, 0.25) is 0 Å². The summed E-state index contributed by atoms with van der Waals surface area (Å²) in [7, 11) is 0. The highest BCUT2D eigenvalue weighted by Gasteiger charge is 2.27. The molecule has 0 radical (unpaired) electrons. The molecule has 132 valence electrons. The maximum atomic E-state index is 12.6. The van der Waals surface area contributed by atoms with Crippen molar-refractivity contribution in [1.29, 1.82) is 0 Å². The Morgan fingerprint density at radius 1 is 1.08 bits per heavy atom. The molecule has 1 fully saturated rings. The number of rotatable bonds is 5. The number of carbonyl (C=O) groups is 1. The number of hydrogen-bond donors (Lipinski definition) is 0. The molecule has 2 aromatic rings. The van der Waals surface area contributed by atoms with Crippen molar-refractivity contribution in [2.24, 2.45) is 5.92 Å². The third-order valence-electron chi connectivity index (χ3n) is 4.98. The fourth-order valence-corrected chi connectivity index (χ4v) is 3.43. The molecule has 3 nitrogen and oxygen atoms in total. The molecule has 1 aliphatic heterocycles. The minimum Gasteiger partial charge on any atom is -0.481 e. The maximum Gasteiger partial charge on any atom is 0.263 e. The molecule has 0 spiro atoms. The average Bonchev–Trinajstić information content (AvgIpc) is 2.64. The number of nitrogens with zero attached hydrogens (tertiary/aromatic N) is 1. The Morgan fingerprint density at radius 2 is 1.72 bits per heavy atom. The fraction of sp³-hybridized carbons (Fsp3) is 0.409. The zero-order valence-corrected chi connectivity index (χ0v) is 15.2. The highest BCUT2D eigenvalue weighted by atomic mass is 16.5. The number of carbonyl (C=O) groups excluding carboxylic acids is 1. The fourth-order valence-electron chi connectivity index (χ4n) is 3.43. The second-order valence-corrected chi connectivity index (χ2v) is 7.03. The molecule has 1 atom stereocenters. The van der Waals surface area contributed by atoms with Crippen molar-refractivity contribution >= 4 is 5.91 Å². The molecule has 0 unspecified atom stereocenters. The second kappa shape index (κ2) is 8.19. The Labute approximate surface area is 150 Å². The molecule has 3 rings (SSSR count). The van der Waals surface area contributed by atoms with Gasteiger partial charge < -0.3 is 9.64 Å². The van der Waals surface area contributed by atoms with Gasteiger partial charge in [-0.25, -0.2) is 0 Å². The zero-order valence-electron chi connectivity index (χ0n) is 15.2. The summed E-state index contributed by atoms with van der Waals surface area (Å²) in [5.74, 6) is 1.52. The molecule has 0 aliphatic carbocycles. The predicted molar refractivity (Wildman–Crippen MR) is 101 cm³/mol. The topological polar surface area (TPSA) is 29.5 Å². The number of amides is 1. The smallest absolute Gasteiger partial charge is 0.263 e. The van der Waals surface area contributed by atoms with E-state index in [1.807, 2.05) is 43.0 Å². The van der Waals surface area contributed by atoms with E-state index in [4.69, 9.17) is 4.74 Å². The van der Waals surface area contributed by atoms with Gasteiger partial charge in [0.25, 0.3) is 5.91 Å². The molecule has 0 saturated carbocycles. The van der Waals surface area contributed by atoms with Crippen LogP contribution in [-0.2, 0) is 11.2 Å². The molecule has 1 saturated heterocycles. The van der Waals surface area contributed by atoms with Crippen molar-refractivity contribution in [2.75, 3.05) is 13.1 Å². The first kappa shape index (κ1) is 17.5. The van der Waals surface area contributed by atoms with E-state index in [0.717, 1.165) is 38.1 Å². The monoisotopic (exact) mass is 337 g/mol. The van der Waals surface area contributed by atoms with Gasteiger partial charge in [0.2, 0.25) is 0 Å². The number of benzene rings is 2. The summed E-state index contributed by atoms with van der Waals surface area (Å²) in [4.78, 5) is 14.6. The van der Waals surface area contributed by atoms with Crippen LogP contribution in [0.25, 0.3) is 0 Å². The first-order valence-electron chi connectivity index (χ1n) is 9.18. The van der Waals surface area contributed by atoms with Crippen LogP contribution in [0, 0.1) is 12.8 Å². The third kappa shape index (κ3) is 4.85. The average molecular weight is 337 g/mol. The highest BCUT2D eigenvalue weighted by molar-refractivity contribution is 5.81. The Balaban J connectivity index is 1.48. The Kier molecular flexibility index (Phi) is 5.75. The van der Waals surface area contributed by atoms with Crippen molar-refractivity contribution in [3.05, 3.63) is 65.7 Å². The molecule has 0 aromatic heterocycles. The summed E-state index contributed by atoms with van der Waals surface area (Å²) in [6.07, 6.45) is 2.81. The van der Waals surface area contributed by atoms with Crippen LogP contribution in [0.3, 0.4) is 0 Å². The van der Waals surface area contributed by atoms with Crippen LogP contribution in [0.5, 0.6) is 5.75 Å². The van der Waals surface area contributed by atoms with Crippen LogP contribution in [-0.4, -0.2) is 30.0 Å². The molecule has 2 aromatic carbocycles. The van der Waals surface area contributed by atoms with E-state index in [-0.39, 0.29) is 5.91 Å². The summed E-state index contributed by atoms with van der Waals surface area (Å²) in [6.45, 7) is 5.55. The van der Waals surface area contributed by atoms with Crippen LogP contribution < -0.4 is 4.74 Å². The van der Waals surface area contributed by atoms with Crippen LogP contribution >= 0.6 is 0 Å². The number of ether oxygens (including phenoxy) is 1. The van der Waals surface area contributed by atoms with Crippen molar-refractivity contribution in [2.45, 2.75) is 39.2 Å². The SMILES string of the molecule is Cc1ccc(O[C@H](C)C(=O)N2CCC(Cc3ccccc3)CC2)cc1. The number of aryl methyl sites for hydroxylation is 1. The molecule has 1 heterocycles. The van der Waals surface area contributed by atoms with Crippen molar-refractivity contribution in [3.8, 4) is 5.75 Å². The number of hydrogen-bond acceptors (Lipinski definition) is 2. The Morgan fingerprint density at radius 3 is 2.36 bits per heavy atom. The van der Waals surface area contributed by atoms with Gasteiger partial charge in [-0.3, -0.25) is 4.79 Å². The maximum absolute atomic E-state index is 12.6. The van der Waals surface area contributed by atoms with Gasteiger partial charge >= 0.3 is 0 Å². The molecule has 0 N–H and O–H groups in total. The molecule has 0 bridgehead atoms. The molecular weight excluding hydrogens is 310 g/mol. The zero-order chi connectivity index (χ0) is 17.6. The number of piperidine rings is 1. The summed E-state index contributed by atoms with van der Waals surface area (Å²) < 4.78 is 5.82.